The molecule has 1 N–H and O–H groups in total. The van der Waals surface area contributed by atoms with Gasteiger partial charge in [0.2, 0.25) is 0 Å². The van der Waals surface area contributed by atoms with E-state index < -0.39 is 30.1 Å². The Hall–Kier alpha value is -2.12. The normalized spacial score (nSPS) is 19.8. The average molecular weight is 342 g/mol. The van der Waals surface area contributed by atoms with Crippen molar-refractivity contribution < 1.29 is 19.2 Å². The molecule has 1 aromatic carbocycles. The summed E-state index contributed by atoms with van der Waals surface area (Å²) in [5, 5.41) is 13.7. The number of carbonyl (C=O) groups is 1. The Kier molecular flexibility index (Phi) is 4.47. The molecule has 25 heavy (non-hydrogen) atoms. The molecule has 1 aliphatic heterocycles. The molecule has 6 nitrogen and oxygen atoms in total. The van der Waals surface area contributed by atoms with Crippen LogP contribution in [-0.4, -0.2) is 39.2 Å². The maximum absolute atomic E-state index is 11.4. The Morgan fingerprint density at radius 2 is 1.80 bits per heavy atom. The van der Waals surface area contributed by atoms with Crippen LogP contribution in [0.2, 0.25) is 0 Å². The first kappa shape index (κ1) is 17.7. The number of aliphatic carboxylic acids is 1. The highest BCUT2D eigenvalue weighted by atomic mass is 16.7. The van der Waals surface area contributed by atoms with Crippen LogP contribution in [0.3, 0.4) is 0 Å². The Balaban J connectivity index is 1.90. The minimum absolute atomic E-state index is 0.0860. The van der Waals surface area contributed by atoms with Gasteiger partial charge in [0, 0.05) is 12.0 Å². The van der Waals surface area contributed by atoms with E-state index in [4.69, 9.17) is 9.31 Å². The second-order valence-corrected chi connectivity index (χ2v) is 7.38. The van der Waals surface area contributed by atoms with Gasteiger partial charge in [0.25, 0.3) is 0 Å². The van der Waals surface area contributed by atoms with Crippen molar-refractivity contribution in [3.63, 3.8) is 0 Å². The lowest BCUT2D eigenvalue weighted by molar-refractivity contribution is -0.137. The molecular weight excluding hydrogens is 319 g/mol. The molecule has 0 radical (unpaired) electrons. The van der Waals surface area contributed by atoms with Crippen molar-refractivity contribution in [2.75, 3.05) is 0 Å². The van der Waals surface area contributed by atoms with Gasteiger partial charge in [-0.05, 0) is 45.4 Å². The molecule has 1 saturated heterocycles. The van der Waals surface area contributed by atoms with Gasteiger partial charge in [-0.25, -0.2) is 4.68 Å². The first-order valence-electron chi connectivity index (χ1n) is 8.37. The highest BCUT2D eigenvalue weighted by Crippen LogP contribution is 2.41. The quantitative estimate of drug-likeness (QED) is 0.846. The molecule has 1 aliphatic rings. The van der Waals surface area contributed by atoms with Crippen LogP contribution < -0.4 is 0 Å². The number of aromatic nitrogens is 2. The highest BCUT2D eigenvalue weighted by molar-refractivity contribution is 6.48. The van der Waals surface area contributed by atoms with Gasteiger partial charge in [0.1, 0.15) is 0 Å². The zero-order valence-electron chi connectivity index (χ0n) is 15.0. The van der Waals surface area contributed by atoms with Crippen molar-refractivity contribution in [3.05, 3.63) is 48.3 Å². The van der Waals surface area contributed by atoms with Gasteiger partial charge >= 0.3 is 13.1 Å². The van der Waals surface area contributed by atoms with Crippen LogP contribution >= 0.6 is 0 Å². The molecule has 1 fully saturated rings. The first-order valence-corrected chi connectivity index (χ1v) is 8.37. The predicted octanol–water partition coefficient (Wildman–Crippen LogP) is 3.06. The summed E-state index contributed by atoms with van der Waals surface area (Å²) in [5.41, 5.74) is 0.676. The second-order valence-electron chi connectivity index (χ2n) is 7.38. The standard InChI is InChI=1S/C18H23BN2O4/c1-17(2)18(3,4)25-19(24-17)15(10-16(22)23)13-11-20-21(12-13)14-8-6-5-7-9-14/h5-9,11-12,15H,10H2,1-4H3,(H,22,23). The van der Waals surface area contributed by atoms with Gasteiger partial charge in [0.15, 0.2) is 0 Å². The van der Waals surface area contributed by atoms with E-state index in [0.717, 1.165) is 11.3 Å². The topological polar surface area (TPSA) is 73.6 Å². The van der Waals surface area contributed by atoms with Crippen LogP contribution in [0, 0.1) is 0 Å². The van der Waals surface area contributed by atoms with Gasteiger partial charge < -0.3 is 14.4 Å². The summed E-state index contributed by atoms with van der Waals surface area (Å²) < 4.78 is 13.9. The van der Waals surface area contributed by atoms with Crippen molar-refractivity contribution in [3.8, 4) is 5.69 Å². The van der Waals surface area contributed by atoms with E-state index in [2.05, 4.69) is 5.10 Å². The van der Waals surface area contributed by atoms with E-state index in [9.17, 15) is 9.90 Å². The van der Waals surface area contributed by atoms with Gasteiger partial charge in [0.05, 0.1) is 29.5 Å². The third-order valence-electron chi connectivity index (χ3n) is 5.05. The number of carboxylic acid groups (broad SMARTS) is 1. The van der Waals surface area contributed by atoms with Crippen LogP contribution in [0.1, 0.15) is 45.5 Å². The molecular formula is C18H23BN2O4. The van der Waals surface area contributed by atoms with Gasteiger partial charge in [-0.3, -0.25) is 4.79 Å². The molecule has 0 saturated carbocycles. The zero-order valence-corrected chi connectivity index (χ0v) is 15.0. The molecule has 1 unspecified atom stereocenters. The Bertz CT molecular complexity index is 741. The first-order chi connectivity index (χ1) is 11.7. The molecule has 3 rings (SSSR count). The van der Waals surface area contributed by atoms with Crippen molar-refractivity contribution in [2.45, 2.75) is 51.1 Å². The van der Waals surface area contributed by atoms with E-state index in [1.165, 1.54) is 0 Å². The summed E-state index contributed by atoms with van der Waals surface area (Å²) in [4.78, 5) is 11.4. The lowest BCUT2D eigenvalue weighted by Gasteiger charge is -2.32. The van der Waals surface area contributed by atoms with E-state index >= 15 is 0 Å². The number of hydrogen-bond acceptors (Lipinski definition) is 4. The van der Waals surface area contributed by atoms with Crippen LogP contribution in [0.5, 0.6) is 0 Å². The maximum atomic E-state index is 11.4. The second kappa shape index (κ2) is 6.31. The predicted molar refractivity (Wildman–Crippen MR) is 94.6 cm³/mol. The number of para-hydroxylation sites is 1. The Morgan fingerprint density at radius 3 is 2.36 bits per heavy atom. The van der Waals surface area contributed by atoms with E-state index in [0.29, 0.717) is 0 Å². The number of hydrogen-bond donors (Lipinski definition) is 1. The molecule has 132 valence electrons. The minimum atomic E-state index is -0.896. The summed E-state index contributed by atoms with van der Waals surface area (Å²) in [7, 11) is -0.630. The molecule has 0 spiro atoms. The fourth-order valence-electron chi connectivity index (χ4n) is 2.86. The van der Waals surface area contributed by atoms with Gasteiger partial charge in [-0.1, -0.05) is 18.2 Å². The molecule has 1 atom stereocenters. The van der Waals surface area contributed by atoms with E-state index in [-0.39, 0.29) is 6.42 Å². The number of rotatable bonds is 5. The number of benzene rings is 1. The minimum Gasteiger partial charge on any atom is -0.481 e. The third-order valence-corrected chi connectivity index (χ3v) is 5.05. The number of carboxylic acids is 1. The summed E-state index contributed by atoms with van der Waals surface area (Å²) in [6.07, 6.45) is 3.44. The van der Waals surface area contributed by atoms with Crippen molar-refractivity contribution >= 4 is 13.1 Å². The summed E-state index contributed by atoms with van der Waals surface area (Å²) in [6, 6.07) is 9.68. The van der Waals surface area contributed by atoms with E-state index in [1.807, 2.05) is 64.2 Å². The lowest BCUT2D eigenvalue weighted by atomic mass is 9.67. The molecule has 0 aliphatic carbocycles. The fraction of sp³-hybridized carbons (Fsp3) is 0.444. The molecule has 2 heterocycles. The van der Waals surface area contributed by atoms with Crippen LogP contribution in [0.15, 0.2) is 42.7 Å². The average Bonchev–Trinajstić information content (AvgIpc) is 3.09. The van der Waals surface area contributed by atoms with Gasteiger partial charge in [-0.15, -0.1) is 0 Å². The summed E-state index contributed by atoms with van der Waals surface area (Å²) >= 11 is 0. The summed E-state index contributed by atoms with van der Waals surface area (Å²) in [5.74, 6) is -1.33. The van der Waals surface area contributed by atoms with E-state index in [1.54, 1.807) is 10.9 Å². The van der Waals surface area contributed by atoms with Gasteiger partial charge in [-0.2, -0.15) is 5.10 Å². The maximum Gasteiger partial charge on any atom is 0.466 e. The fourth-order valence-corrected chi connectivity index (χ4v) is 2.86. The monoisotopic (exact) mass is 342 g/mol. The van der Waals surface area contributed by atoms with Crippen LogP contribution in [0.25, 0.3) is 5.69 Å². The van der Waals surface area contributed by atoms with Crippen molar-refractivity contribution in [1.29, 1.82) is 0 Å². The van der Waals surface area contributed by atoms with Crippen molar-refractivity contribution in [1.82, 2.24) is 9.78 Å². The smallest absolute Gasteiger partial charge is 0.466 e. The highest BCUT2D eigenvalue weighted by Gasteiger charge is 2.54. The third kappa shape index (κ3) is 3.48. The molecule has 0 amide bonds. The number of nitrogens with zero attached hydrogens (tertiary/aromatic N) is 2. The zero-order chi connectivity index (χ0) is 18.2. The largest absolute Gasteiger partial charge is 0.481 e. The molecule has 1 aromatic heterocycles. The summed E-state index contributed by atoms with van der Waals surface area (Å²) in [6.45, 7) is 7.83. The lowest BCUT2D eigenvalue weighted by Crippen LogP contribution is -2.41. The SMILES string of the molecule is CC1(C)OB(C(CC(=O)O)c2cnn(-c3ccccc3)c2)OC1(C)C. The molecule has 0 bridgehead atoms. The van der Waals surface area contributed by atoms with Crippen LogP contribution in [-0.2, 0) is 14.1 Å². The Labute approximate surface area is 147 Å². The van der Waals surface area contributed by atoms with Crippen LogP contribution in [0.4, 0.5) is 0 Å². The van der Waals surface area contributed by atoms with Crippen molar-refractivity contribution in [2.24, 2.45) is 0 Å². The molecule has 2 aromatic rings. The Morgan fingerprint density at radius 1 is 1.20 bits per heavy atom. The molecule has 7 heteroatoms.